The largest absolute Gasteiger partial charge is 0.369 e. The molecule has 0 spiro atoms. The molecule has 0 aliphatic rings. The summed E-state index contributed by atoms with van der Waals surface area (Å²) in [4.78, 5) is 11.7. The second-order valence-electron chi connectivity index (χ2n) is 1.70. The molecule has 0 aromatic carbocycles. The minimum Gasteiger partial charge on any atom is -0.369 e. The van der Waals surface area contributed by atoms with Crippen LogP contribution < -0.4 is 5.73 Å². The van der Waals surface area contributed by atoms with E-state index in [1.54, 1.807) is 19.0 Å². The lowest BCUT2D eigenvalue weighted by Crippen LogP contribution is -2.27. The van der Waals surface area contributed by atoms with E-state index in [9.17, 15) is 4.79 Å². The maximum atomic E-state index is 9.99. The smallest absolute Gasteiger partial charge is 0.231 e. The maximum Gasteiger partial charge on any atom is 0.231 e. The number of carbonyl (C=O) groups excluding carboxylic acids is 1. The Morgan fingerprint density at radius 3 is 1.60 bits per heavy atom. The van der Waals surface area contributed by atoms with Gasteiger partial charge in [-0.25, -0.2) is 0 Å². The molecule has 66 valence electrons. The van der Waals surface area contributed by atoms with Crippen molar-refractivity contribution >= 4 is 43.1 Å². The van der Waals surface area contributed by atoms with Crippen molar-refractivity contribution in [2.45, 2.75) is 0 Å². The number of amides is 1. The normalized spacial score (nSPS) is 6.70. The summed E-state index contributed by atoms with van der Waals surface area (Å²) in [5.74, 6) is -0.287. The topological polar surface area (TPSA) is 46.3 Å². The summed E-state index contributed by atoms with van der Waals surface area (Å²) in [6, 6.07) is 0. The second kappa shape index (κ2) is 12.0. The third-order valence-corrected chi connectivity index (χ3v) is 0.472. The quantitative estimate of drug-likeness (QED) is 0.714. The van der Waals surface area contributed by atoms with Crippen molar-refractivity contribution in [1.82, 2.24) is 4.90 Å². The van der Waals surface area contributed by atoms with Crippen LogP contribution >= 0.6 is 37.2 Å². The Bertz CT molecular complexity index is 78.9. The van der Waals surface area contributed by atoms with Crippen molar-refractivity contribution in [2.75, 3.05) is 20.6 Å². The molecule has 0 aliphatic heterocycles. The molecule has 3 nitrogen and oxygen atoms in total. The molecule has 0 saturated heterocycles. The van der Waals surface area contributed by atoms with Gasteiger partial charge in [0, 0.05) is 0 Å². The number of rotatable bonds is 2. The van der Waals surface area contributed by atoms with Gasteiger partial charge in [0.1, 0.15) is 0 Å². The summed E-state index contributed by atoms with van der Waals surface area (Å²) in [5.41, 5.74) is 4.81. The van der Waals surface area contributed by atoms with E-state index < -0.39 is 0 Å². The lowest BCUT2D eigenvalue weighted by atomic mass is 10.6. The third-order valence-electron chi connectivity index (χ3n) is 0.472. The number of carbonyl (C=O) groups is 1. The molecule has 0 aromatic rings. The van der Waals surface area contributed by atoms with Crippen LogP contribution in [-0.2, 0) is 4.79 Å². The summed E-state index contributed by atoms with van der Waals surface area (Å²) in [7, 11) is 3.59. The molecule has 0 aromatic heterocycles. The summed E-state index contributed by atoms with van der Waals surface area (Å²) >= 11 is 0. The van der Waals surface area contributed by atoms with E-state index in [-0.39, 0.29) is 43.1 Å². The number of likely N-dealkylation sites (N-methyl/N-ethyl adjacent to an activating group) is 1. The lowest BCUT2D eigenvalue weighted by Gasteiger charge is -2.02. The molecule has 0 aliphatic carbocycles. The van der Waals surface area contributed by atoms with Gasteiger partial charge >= 0.3 is 0 Å². The van der Waals surface area contributed by atoms with Crippen LogP contribution in [0, 0.1) is 0 Å². The number of nitrogens with zero attached hydrogens (tertiary/aromatic N) is 1. The van der Waals surface area contributed by atoms with E-state index in [4.69, 9.17) is 5.73 Å². The average molecular weight is 212 g/mol. The van der Waals surface area contributed by atoms with E-state index in [1.165, 1.54) is 0 Å². The fraction of sp³-hybridized carbons (Fsp3) is 0.750. The Kier molecular flexibility index (Phi) is 27.0. The first-order chi connectivity index (χ1) is 3.13. The van der Waals surface area contributed by atoms with Crippen LogP contribution in [0.25, 0.3) is 0 Å². The fourth-order valence-electron chi connectivity index (χ4n) is 0.312. The monoisotopic (exact) mass is 210 g/mol. The fourth-order valence-corrected chi connectivity index (χ4v) is 0.312. The predicted molar refractivity (Wildman–Crippen MR) is 49.5 cm³/mol. The SMILES string of the molecule is CN(C)CC(N)=O.Cl.Cl.Cl. The van der Waals surface area contributed by atoms with Gasteiger partial charge in [-0.3, -0.25) is 4.79 Å². The molecule has 0 rings (SSSR count). The van der Waals surface area contributed by atoms with Gasteiger partial charge in [-0.05, 0) is 14.1 Å². The van der Waals surface area contributed by atoms with Crippen LogP contribution in [0.3, 0.4) is 0 Å². The first-order valence-electron chi connectivity index (χ1n) is 2.06. The molecular formula is C4H13Cl3N2O. The van der Waals surface area contributed by atoms with E-state index in [0.717, 1.165) is 0 Å². The van der Waals surface area contributed by atoms with Crippen molar-refractivity contribution in [1.29, 1.82) is 0 Å². The molecule has 2 N–H and O–H groups in total. The summed E-state index contributed by atoms with van der Waals surface area (Å²) in [6.07, 6.45) is 0. The highest BCUT2D eigenvalue weighted by Gasteiger charge is 1.92. The minimum atomic E-state index is -0.287. The molecule has 0 fully saturated rings. The van der Waals surface area contributed by atoms with Crippen LogP contribution in [0.15, 0.2) is 0 Å². The van der Waals surface area contributed by atoms with Gasteiger partial charge in [0.2, 0.25) is 5.91 Å². The second-order valence-corrected chi connectivity index (χ2v) is 1.70. The van der Waals surface area contributed by atoms with Gasteiger partial charge in [-0.15, -0.1) is 37.2 Å². The molecule has 10 heavy (non-hydrogen) atoms. The third kappa shape index (κ3) is 23.9. The van der Waals surface area contributed by atoms with Crippen molar-refractivity contribution in [2.24, 2.45) is 5.73 Å². The van der Waals surface area contributed by atoms with Crippen molar-refractivity contribution in [3.8, 4) is 0 Å². The van der Waals surface area contributed by atoms with Gasteiger partial charge in [-0.1, -0.05) is 0 Å². The van der Waals surface area contributed by atoms with Crippen molar-refractivity contribution in [3.05, 3.63) is 0 Å². The first-order valence-corrected chi connectivity index (χ1v) is 2.06. The highest BCUT2D eigenvalue weighted by molar-refractivity contribution is 5.86. The molecule has 1 amide bonds. The highest BCUT2D eigenvalue weighted by atomic mass is 35.5. The maximum absolute atomic E-state index is 9.99. The Morgan fingerprint density at radius 2 is 1.60 bits per heavy atom. The molecule has 0 radical (unpaired) electrons. The van der Waals surface area contributed by atoms with Crippen molar-refractivity contribution in [3.63, 3.8) is 0 Å². The lowest BCUT2D eigenvalue weighted by molar-refractivity contribution is -0.118. The average Bonchev–Trinajstić information content (AvgIpc) is 1.27. The first kappa shape index (κ1) is 22.4. The van der Waals surface area contributed by atoms with Gasteiger partial charge in [0.25, 0.3) is 0 Å². The standard InChI is InChI=1S/C4H10N2O.3ClH/c1-6(2)3-4(5)7;;;/h3H2,1-2H3,(H2,5,7);3*1H. The molecule has 0 bridgehead atoms. The summed E-state index contributed by atoms with van der Waals surface area (Å²) in [5, 5.41) is 0. The molecule has 6 heteroatoms. The summed E-state index contributed by atoms with van der Waals surface area (Å²) in [6.45, 7) is 0.333. The number of hydrogen-bond acceptors (Lipinski definition) is 2. The number of hydrogen-bond donors (Lipinski definition) is 1. The predicted octanol–water partition coefficient (Wildman–Crippen LogP) is 0.299. The zero-order chi connectivity index (χ0) is 5.86. The zero-order valence-electron chi connectivity index (χ0n) is 5.86. The number of halogens is 3. The van der Waals surface area contributed by atoms with Crippen LogP contribution in [0.5, 0.6) is 0 Å². The van der Waals surface area contributed by atoms with Crippen LogP contribution in [-0.4, -0.2) is 31.4 Å². The van der Waals surface area contributed by atoms with Gasteiger partial charge in [-0.2, -0.15) is 0 Å². The minimum absolute atomic E-state index is 0. The molecule has 0 saturated carbocycles. The molecule has 0 heterocycles. The Hall–Kier alpha value is 0.300. The van der Waals surface area contributed by atoms with Crippen LogP contribution in [0.2, 0.25) is 0 Å². The van der Waals surface area contributed by atoms with Gasteiger partial charge < -0.3 is 10.6 Å². The Morgan fingerprint density at radius 1 is 1.30 bits per heavy atom. The molecular weight excluding hydrogens is 198 g/mol. The Balaban J connectivity index is -0.0000000600. The van der Waals surface area contributed by atoms with Gasteiger partial charge in [0.05, 0.1) is 6.54 Å². The van der Waals surface area contributed by atoms with Crippen molar-refractivity contribution < 1.29 is 4.79 Å². The van der Waals surface area contributed by atoms with Gasteiger partial charge in [0.15, 0.2) is 0 Å². The van der Waals surface area contributed by atoms with Crippen LogP contribution in [0.4, 0.5) is 0 Å². The number of nitrogens with two attached hydrogens (primary N) is 1. The number of primary amides is 1. The van der Waals surface area contributed by atoms with E-state index >= 15 is 0 Å². The highest BCUT2D eigenvalue weighted by Crippen LogP contribution is 1.67. The van der Waals surface area contributed by atoms with Crippen LogP contribution in [0.1, 0.15) is 0 Å². The van der Waals surface area contributed by atoms with E-state index in [0.29, 0.717) is 6.54 Å². The summed E-state index contributed by atoms with van der Waals surface area (Å²) < 4.78 is 0. The molecule has 0 atom stereocenters. The Labute approximate surface area is 79.6 Å². The molecule has 0 unspecified atom stereocenters. The van der Waals surface area contributed by atoms with E-state index in [1.807, 2.05) is 0 Å². The zero-order valence-corrected chi connectivity index (χ0v) is 8.31. The van der Waals surface area contributed by atoms with E-state index in [2.05, 4.69) is 0 Å².